The highest BCUT2D eigenvalue weighted by Gasteiger charge is 2.09. The van der Waals surface area contributed by atoms with E-state index in [4.69, 9.17) is 14.2 Å². The molecule has 0 saturated heterocycles. The molecule has 0 radical (unpaired) electrons. The van der Waals surface area contributed by atoms with E-state index in [0.717, 1.165) is 5.56 Å². The lowest BCUT2D eigenvalue weighted by atomic mass is 10.2. The van der Waals surface area contributed by atoms with Crippen molar-refractivity contribution in [2.45, 2.75) is 25.7 Å². The van der Waals surface area contributed by atoms with Crippen LogP contribution in [0.2, 0.25) is 0 Å². The molecule has 0 spiro atoms. The highest BCUT2D eigenvalue weighted by atomic mass is 16.5. The first-order chi connectivity index (χ1) is 9.67. The number of nitrogens with one attached hydrogen (secondary N) is 1. The van der Waals surface area contributed by atoms with Crippen LogP contribution in [0.3, 0.4) is 0 Å². The van der Waals surface area contributed by atoms with Gasteiger partial charge in [-0.25, -0.2) is 4.98 Å². The average molecular weight is 284 g/mol. The summed E-state index contributed by atoms with van der Waals surface area (Å²) in [5.41, 5.74) is 0.955. The fraction of sp³-hybridized carbons (Fsp3) is 0.643. The molecule has 0 aromatic carbocycles. The van der Waals surface area contributed by atoms with E-state index in [1.807, 2.05) is 19.1 Å². The maximum Gasteiger partial charge on any atom is 0.217 e. The van der Waals surface area contributed by atoms with Crippen LogP contribution in [-0.4, -0.2) is 56.3 Å². The summed E-state index contributed by atoms with van der Waals surface area (Å²) >= 11 is 0. The van der Waals surface area contributed by atoms with Crippen molar-refractivity contribution >= 4 is 0 Å². The van der Waals surface area contributed by atoms with E-state index in [-0.39, 0.29) is 12.7 Å². The SMILES string of the molecule is COCC(C)OCC(O)CNCc1cccnc1OC. The Bertz CT molecular complexity index is 376. The molecule has 0 aliphatic carbocycles. The Labute approximate surface area is 120 Å². The molecule has 2 N–H and O–H groups in total. The smallest absolute Gasteiger partial charge is 0.217 e. The predicted octanol–water partition coefficient (Wildman–Crippen LogP) is 0.592. The van der Waals surface area contributed by atoms with Crippen LogP contribution >= 0.6 is 0 Å². The van der Waals surface area contributed by atoms with Gasteiger partial charge in [0.05, 0.1) is 32.5 Å². The van der Waals surface area contributed by atoms with Crippen LogP contribution in [0.5, 0.6) is 5.88 Å². The van der Waals surface area contributed by atoms with Crippen molar-refractivity contribution in [3.05, 3.63) is 23.9 Å². The molecule has 6 heteroatoms. The largest absolute Gasteiger partial charge is 0.481 e. The predicted molar refractivity (Wildman–Crippen MR) is 75.8 cm³/mol. The van der Waals surface area contributed by atoms with Gasteiger partial charge >= 0.3 is 0 Å². The minimum absolute atomic E-state index is 0.0203. The summed E-state index contributed by atoms with van der Waals surface area (Å²) in [7, 11) is 3.21. The molecule has 0 amide bonds. The lowest BCUT2D eigenvalue weighted by molar-refractivity contribution is -0.0311. The second kappa shape index (κ2) is 9.66. The number of aliphatic hydroxyl groups is 1. The average Bonchev–Trinajstić information content (AvgIpc) is 2.46. The first kappa shape index (κ1) is 16.8. The number of hydrogen-bond donors (Lipinski definition) is 2. The van der Waals surface area contributed by atoms with Crippen LogP contribution in [0.4, 0.5) is 0 Å². The van der Waals surface area contributed by atoms with Gasteiger partial charge in [-0.1, -0.05) is 6.07 Å². The lowest BCUT2D eigenvalue weighted by Crippen LogP contribution is -2.32. The molecule has 0 bridgehead atoms. The molecule has 0 aliphatic heterocycles. The molecule has 2 atom stereocenters. The summed E-state index contributed by atoms with van der Waals surface area (Å²) in [5, 5.41) is 12.9. The Hall–Kier alpha value is -1.21. The molecule has 0 saturated carbocycles. The monoisotopic (exact) mass is 284 g/mol. The molecule has 0 fully saturated rings. The zero-order valence-electron chi connectivity index (χ0n) is 12.3. The van der Waals surface area contributed by atoms with E-state index < -0.39 is 6.10 Å². The number of nitrogens with zero attached hydrogens (tertiary/aromatic N) is 1. The summed E-state index contributed by atoms with van der Waals surface area (Å²) < 4.78 is 15.6. The number of aromatic nitrogens is 1. The fourth-order valence-electron chi connectivity index (χ4n) is 1.73. The fourth-order valence-corrected chi connectivity index (χ4v) is 1.73. The van der Waals surface area contributed by atoms with Crippen molar-refractivity contribution in [2.24, 2.45) is 0 Å². The zero-order valence-corrected chi connectivity index (χ0v) is 12.3. The Kier molecular flexibility index (Phi) is 8.13. The topological polar surface area (TPSA) is 72.8 Å². The normalized spacial score (nSPS) is 14.0. The van der Waals surface area contributed by atoms with Gasteiger partial charge in [0.1, 0.15) is 0 Å². The summed E-state index contributed by atoms with van der Waals surface area (Å²) in [6.07, 6.45) is 1.10. The number of rotatable bonds is 10. The van der Waals surface area contributed by atoms with Gasteiger partial charge in [0.15, 0.2) is 0 Å². The van der Waals surface area contributed by atoms with Crippen LogP contribution in [0.25, 0.3) is 0 Å². The third-order valence-electron chi connectivity index (χ3n) is 2.71. The van der Waals surface area contributed by atoms with Gasteiger partial charge in [-0.05, 0) is 13.0 Å². The van der Waals surface area contributed by atoms with Gasteiger partial charge in [-0.15, -0.1) is 0 Å². The molecular weight excluding hydrogens is 260 g/mol. The highest BCUT2D eigenvalue weighted by Crippen LogP contribution is 2.12. The number of ether oxygens (including phenoxy) is 3. The molecule has 0 aliphatic rings. The molecule has 1 aromatic rings. The van der Waals surface area contributed by atoms with E-state index in [1.165, 1.54) is 0 Å². The lowest BCUT2D eigenvalue weighted by Gasteiger charge is -2.16. The molecule has 6 nitrogen and oxygen atoms in total. The Morgan fingerprint density at radius 3 is 2.85 bits per heavy atom. The van der Waals surface area contributed by atoms with Crippen LogP contribution in [-0.2, 0) is 16.0 Å². The van der Waals surface area contributed by atoms with E-state index in [2.05, 4.69) is 10.3 Å². The Morgan fingerprint density at radius 1 is 1.35 bits per heavy atom. The summed E-state index contributed by atoms with van der Waals surface area (Å²) in [6.45, 7) is 3.73. The van der Waals surface area contributed by atoms with Crippen LogP contribution in [0.1, 0.15) is 12.5 Å². The van der Waals surface area contributed by atoms with E-state index in [9.17, 15) is 5.11 Å². The van der Waals surface area contributed by atoms with Crippen LogP contribution in [0.15, 0.2) is 18.3 Å². The number of methoxy groups -OCH3 is 2. The molecule has 1 aromatic heterocycles. The third-order valence-corrected chi connectivity index (χ3v) is 2.71. The minimum atomic E-state index is -0.558. The van der Waals surface area contributed by atoms with Gasteiger partial charge in [-0.2, -0.15) is 0 Å². The van der Waals surface area contributed by atoms with E-state index in [1.54, 1.807) is 20.4 Å². The maximum absolute atomic E-state index is 9.80. The summed E-state index contributed by atoms with van der Waals surface area (Å²) in [5.74, 6) is 0.597. The number of aliphatic hydroxyl groups excluding tert-OH is 1. The van der Waals surface area contributed by atoms with Crippen LogP contribution < -0.4 is 10.1 Å². The maximum atomic E-state index is 9.80. The minimum Gasteiger partial charge on any atom is -0.481 e. The second-order valence-corrected chi connectivity index (χ2v) is 4.56. The molecule has 1 heterocycles. The Balaban J connectivity index is 2.23. The first-order valence-corrected chi connectivity index (χ1v) is 6.64. The number of hydrogen-bond acceptors (Lipinski definition) is 6. The second-order valence-electron chi connectivity index (χ2n) is 4.56. The molecule has 114 valence electrons. The summed E-state index contributed by atoms with van der Waals surface area (Å²) in [4.78, 5) is 4.11. The van der Waals surface area contributed by atoms with Gasteiger partial charge in [0, 0.05) is 32.0 Å². The van der Waals surface area contributed by atoms with Crippen molar-refractivity contribution in [3.8, 4) is 5.88 Å². The van der Waals surface area contributed by atoms with Gasteiger partial charge in [0.2, 0.25) is 5.88 Å². The first-order valence-electron chi connectivity index (χ1n) is 6.64. The Morgan fingerprint density at radius 2 is 2.15 bits per heavy atom. The highest BCUT2D eigenvalue weighted by molar-refractivity contribution is 5.24. The van der Waals surface area contributed by atoms with Gasteiger partial charge in [0.25, 0.3) is 0 Å². The molecular formula is C14H24N2O4. The van der Waals surface area contributed by atoms with E-state index in [0.29, 0.717) is 25.6 Å². The van der Waals surface area contributed by atoms with Crippen LogP contribution in [0, 0.1) is 0 Å². The third kappa shape index (κ3) is 6.29. The zero-order chi connectivity index (χ0) is 14.8. The summed E-state index contributed by atoms with van der Waals surface area (Å²) in [6, 6.07) is 3.79. The van der Waals surface area contributed by atoms with Gasteiger partial charge in [-0.3, -0.25) is 0 Å². The van der Waals surface area contributed by atoms with Gasteiger partial charge < -0.3 is 24.6 Å². The van der Waals surface area contributed by atoms with Crippen molar-refractivity contribution in [2.75, 3.05) is 34.0 Å². The molecule has 20 heavy (non-hydrogen) atoms. The molecule has 1 rings (SSSR count). The van der Waals surface area contributed by atoms with Crippen molar-refractivity contribution in [1.82, 2.24) is 10.3 Å². The van der Waals surface area contributed by atoms with Crippen molar-refractivity contribution < 1.29 is 19.3 Å². The van der Waals surface area contributed by atoms with Crippen molar-refractivity contribution in [1.29, 1.82) is 0 Å². The van der Waals surface area contributed by atoms with Crippen molar-refractivity contribution in [3.63, 3.8) is 0 Å². The standard InChI is InChI=1S/C14H24N2O4/c1-11(9-18-2)20-10-13(17)8-15-7-12-5-4-6-16-14(12)19-3/h4-6,11,13,15,17H,7-10H2,1-3H3. The molecule has 2 unspecified atom stereocenters. The number of pyridine rings is 1. The van der Waals surface area contributed by atoms with E-state index >= 15 is 0 Å². The quantitative estimate of drug-likeness (QED) is 0.655.